The van der Waals surface area contributed by atoms with Gasteiger partial charge in [0, 0.05) is 5.92 Å². The fraction of sp³-hybridized carbons (Fsp3) is 0.182. The lowest BCUT2D eigenvalue weighted by Crippen LogP contribution is -1.99. The summed E-state index contributed by atoms with van der Waals surface area (Å²) in [5, 5.41) is 9.15. The van der Waals surface area contributed by atoms with Crippen molar-refractivity contribution in [2.24, 2.45) is 0 Å². The number of hydrogen-bond acceptors (Lipinski definition) is 2. The van der Waals surface area contributed by atoms with E-state index in [9.17, 15) is 4.79 Å². The third-order valence-electron chi connectivity index (χ3n) is 2.30. The van der Waals surface area contributed by atoms with Gasteiger partial charge in [-0.15, -0.1) is 0 Å². The van der Waals surface area contributed by atoms with Crippen LogP contribution in [0, 0.1) is 0 Å². The Bertz CT molecular complexity index is 407. The molecule has 13 heavy (non-hydrogen) atoms. The highest BCUT2D eigenvalue weighted by Gasteiger charge is 2.11. The molecule has 1 N–H and O–H groups in total. The summed E-state index contributed by atoms with van der Waals surface area (Å²) in [6, 6.07) is 6.45. The maximum atomic E-state index is 11.0. The standard InChI is InChI=1S/C11H10O2/c12-10-6-4-9(5-7-11(10)13)8-2-1-3-8/h1-2,4-8H,3H2,(H,12,13). The molecule has 2 rings (SSSR count). The van der Waals surface area contributed by atoms with E-state index >= 15 is 0 Å². The first-order chi connectivity index (χ1) is 6.27. The van der Waals surface area contributed by atoms with E-state index in [1.54, 1.807) is 12.1 Å². The quantitative estimate of drug-likeness (QED) is 0.659. The molecule has 1 atom stereocenters. The van der Waals surface area contributed by atoms with Crippen LogP contribution in [0.25, 0.3) is 0 Å². The van der Waals surface area contributed by atoms with Crippen LogP contribution in [0.1, 0.15) is 17.9 Å². The van der Waals surface area contributed by atoms with Crippen molar-refractivity contribution in [1.29, 1.82) is 0 Å². The molecule has 2 nitrogen and oxygen atoms in total. The summed E-state index contributed by atoms with van der Waals surface area (Å²) in [5.41, 5.74) is 0.759. The van der Waals surface area contributed by atoms with E-state index in [4.69, 9.17) is 5.11 Å². The van der Waals surface area contributed by atoms with E-state index in [2.05, 4.69) is 12.2 Å². The van der Waals surface area contributed by atoms with Crippen LogP contribution in [-0.4, -0.2) is 5.11 Å². The van der Waals surface area contributed by atoms with Crippen molar-refractivity contribution >= 4 is 0 Å². The van der Waals surface area contributed by atoms with Crippen molar-refractivity contribution < 1.29 is 5.11 Å². The van der Waals surface area contributed by atoms with Gasteiger partial charge in [0.2, 0.25) is 5.43 Å². The lowest BCUT2D eigenvalue weighted by atomic mass is 9.89. The molecule has 1 unspecified atom stereocenters. The molecule has 0 radical (unpaired) electrons. The summed E-state index contributed by atoms with van der Waals surface area (Å²) in [5.74, 6) is 0.237. The van der Waals surface area contributed by atoms with Gasteiger partial charge in [-0.25, -0.2) is 0 Å². The van der Waals surface area contributed by atoms with Gasteiger partial charge >= 0.3 is 0 Å². The highest BCUT2D eigenvalue weighted by Crippen LogP contribution is 2.28. The van der Waals surface area contributed by atoms with Crippen LogP contribution >= 0.6 is 0 Å². The van der Waals surface area contributed by atoms with Gasteiger partial charge < -0.3 is 5.11 Å². The molecule has 0 saturated heterocycles. The van der Waals surface area contributed by atoms with Crippen molar-refractivity contribution in [1.82, 2.24) is 0 Å². The molecule has 0 amide bonds. The van der Waals surface area contributed by atoms with Gasteiger partial charge in [0.15, 0.2) is 5.75 Å². The van der Waals surface area contributed by atoms with Crippen molar-refractivity contribution in [2.45, 2.75) is 12.3 Å². The van der Waals surface area contributed by atoms with E-state index < -0.39 is 0 Å². The van der Waals surface area contributed by atoms with Gasteiger partial charge in [-0.1, -0.05) is 24.3 Å². The van der Waals surface area contributed by atoms with Gasteiger partial charge in [0.25, 0.3) is 0 Å². The van der Waals surface area contributed by atoms with Crippen LogP contribution < -0.4 is 5.43 Å². The van der Waals surface area contributed by atoms with E-state index in [1.807, 2.05) is 0 Å². The highest BCUT2D eigenvalue weighted by molar-refractivity contribution is 5.31. The molecule has 0 aromatic heterocycles. The normalized spacial score (nSPS) is 19.5. The number of rotatable bonds is 1. The zero-order valence-electron chi connectivity index (χ0n) is 7.10. The molecule has 2 heteroatoms. The molecule has 1 aliphatic rings. The second kappa shape index (κ2) is 3.05. The van der Waals surface area contributed by atoms with Crippen molar-refractivity contribution in [3.63, 3.8) is 0 Å². The Labute approximate surface area is 76.2 Å². The van der Waals surface area contributed by atoms with Gasteiger partial charge in [0.1, 0.15) is 0 Å². The summed E-state index contributed by atoms with van der Waals surface area (Å²) in [6.07, 6.45) is 5.21. The smallest absolute Gasteiger partial charge is 0.220 e. The molecule has 0 bridgehead atoms. The summed E-state index contributed by atoms with van der Waals surface area (Å²) in [6.45, 7) is 0. The first kappa shape index (κ1) is 8.05. The molecule has 66 valence electrons. The van der Waals surface area contributed by atoms with Crippen LogP contribution in [0.4, 0.5) is 0 Å². The number of aromatic hydroxyl groups is 1. The molecule has 0 spiro atoms. The highest BCUT2D eigenvalue weighted by atomic mass is 16.3. The number of hydrogen-bond donors (Lipinski definition) is 1. The molecular weight excluding hydrogens is 164 g/mol. The fourth-order valence-corrected chi connectivity index (χ4v) is 1.34. The second-order valence-electron chi connectivity index (χ2n) is 3.19. The van der Waals surface area contributed by atoms with Crippen LogP contribution in [0.15, 0.2) is 41.2 Å². The molecule has 0 aliphatic heterocycles. The molecule has 1 aliphatic carbocycles. The van der Waals surface area contributed by atoms with Gasteiger partial charge in [-0.05, 0) is 24.1 Å². The summed E-state index contributed by atoms with van der Waals surface area (Å²) in [7, 11) is 0. The molecular formula is C11H10O2. The third kappa shape index (κ3) is 1.47. The minimum Gasteiger partial charge on any atom is -0.504 e. The lowest BCUT2D eigenvalue weighted by Gasteiger charge is -2.16. The Morgan fingerprint density at radius 1 is 1.23 bits per heavy atom. The van der Waals surface area contributed by atoms with Crippen LogP contribution in [0.2, 0.25) is 0 Å². The zero-order chi connectivity index (χ0) is 9.26. The fourth-order valence-electron chi connectivity index (χ4n) is 1.34. The van der Waals surface area contributed by atoms with Crippen molar-refractivity contribution in [3.8, 4) is 5.75 Å². The summed E-state index contributed by atoms with van der Waals surface area (Å²) >= 11 is 0. The maximum absolute atomic E-state index is 11.0. The Hall–Kier alpha value is -1.57. The van der Waals surface area contributed by atoms with Crippen molar-refractivity contribution in [2.75, 3.05) is 0 Å². The maximum Gasteiger partial charge on any atom is 0.220 e. The Balaban J connectivity index is 2.46. The zero-order valence-corrected chi connectivity index (χ0v) is 7.10. The average Bonchev–Trinajstić information content (AvgIpc) is 2.16. The minimum absolute atomic E-state index is 0.186. The van der Waals surface area contributed by atoms with Gasteiger partial charge in [-0.2, -0.15) is 0 Å². The Morgan fingerprint density at radius 3 is 2.54 bits per heavy atom. The largest absolute Gasteiger partial charge is 0.504 e. The monoisotopic (exact) mass is 174 g/mol. The van der Waals surface area contributed by atoms with Crippen molar-refractivity contribution in [3.05, 3.63) is 52.2 Å². The second-order valence-corrected chi connectivity index (χ2v) is 3.19. The summed E-state index contributed by atoms with van der Waals surface area (Å²) < 4.78 is 0. The Kier molecular flexibility index (Phi) is 1.89. The predicted octanol–water partition coefficient (Wildman–Crippen LogP) is 1.80. The average molecular weight is 174 g/mol. The molecule has 1 aromatic carbocycles. The lowest BCUT2D eigenvalue weighted by molar-refractivity contribution is 0.471. The molecule has 1 aromatic rings. The van der Waals surface area contributed by atoms with E-state index in [1.165, 1.54) is 12.1 Å². The van der Waals surface area contributed by atoms with Gasteiger partial charge in [-0.3, -0.25) is 4.79 Å². The van der Waals surface area contributed by atoms with Crippen LogP contribution in [0.3, 0.4) is 0 Å². The molecule has 0 saturated carbocycles. The Morgan fingerprint density at radius 2 is 1.92 bits per heavy atom. The minimum atomic E-state index is -0.324. The number of allylic oxidation sites excluding steroid dienone is 2. The summed E-state index contributed by atoms with van der Waals surface area (Å²) in [4.78, 5) is 11.0. The van der Waals surface area contributed by atoms with Gasteiger partial charge in [0.05, 0.1) is 0 Å². The molecule has 0 fully saturated rings. The first-order valence-electron chi connectivity index (χ1n) is 4.27. The van der Waals surface area contributed by atoms with E-state index in [0.29, 0.717) is 5.92 Å². The van der Waals surface area contributed by atoms with Crippen LogP contribution in [0.5, 0.6) is 5.75 Å². The first-order valence-corrected chi connectivity index (χ1v) is 4.27. The third-order valence-corrected chi connectivity index (χ3v) is 2.30. The van der Waals surface area contributed by atoms with Crippen LogP contribution in [-0.2, 0) is 0 Å². The van der Waals surface area contributed by atoms with E-state index in [0.717, 1.165) is 12.0 Å². The SMILES string of the molecule is O=c1ccc(C2C=CC2)ccc1O. The predicted molar refractivity (Wildman–Crippen MR) is 50.9 cm³/mol. The molecule has 0 heterocycles. The van der Waals surface area contributed by atoms with E-state index in [-0.39, 0.29) is 11.2 Å². The topological polar surface area (TPSA) is 37.3 Å².